The van der Waals surface area contributed by atoms with E-state index in [0.717, 1.165) is 22.3 Å². The van der Waals surface area contributed by atoms with Crippen LogP contribution in [0.5, 0.6) is 0 Å². The number of fused-ring (bicyclic) bond motifs is 2. The number of nitrogens with zero attached hydrogens (tertiary/aromatic N) is 2. The Balaban J connectivity index is 0.814. The lowest BCUT2D eigenvalue weighted by molar-refractivity contribution is -0.144. The quantitative estimate of drug-likeness (QED) is 0.0128. The van der Waals surface area contributed by atoms with Gasteiger partial charge in [-0.15, -0.1) is 0 Å². The summed E-state index contributed by atoms with van der Waals surface area (Å²) in [7, 11) is 2.38. The second-order valence-corrected chi connectivity index (χ2v) is 23.4. The zero-order valence-electron chi connectivity index (χ0n) is 53.8. The number of amides is 8. The van der Waals surface area contributed by atoms with Crippen molar-refractivity contribution in [1.82, 2.24) is 41.7 Å². The molecule has 6 aromatic rings. The molecule has 0 saturated carbocycles. The van der Waals surface area contributed by atoms with Crippen molar-refractivity contribution in [3.8, 4) is 0 Å². The first-order chi connectivity index (χ1) is 46.4. The van der Waals surface area contributed by atoms with Crippen LogP contribution >= 0.6 is 0 Å². The zero-order valence-corrected chi connectivity index (χ0v) is 53.8. The molecule has 506 valence electrons. The third-order valence-electron chi connectivity index (χ3n) is 16.5. The minimum atomic E-state index is -1.07. The molecule has 96 heavy (non-hydrogen) atoms. The van der Waals surface area contributed by atoms with Gasteiger partial charge in [0.25, 0.3) is 23.6 Å². The topological polar surface area (TPSA) is 286 Å². The normalized spacial score (nSPS) is 12.6. The molecule has 0 radical (unpaired) electrons. The summed E-state index contributed by atoms with van der Waals surface area (Å²) in [5, 5.41) is 16.4. The number of methoxy groups -OCH3 is 2. The maximum Gasteiger partial charge on any atom is 0.408 e. The van der Waals surface area contributed by atoms with E-state index in [-0.39, 0.29) is 150 Å². The Morgan fingerprint density at radius 2 is 0.729 bits per heavy atom. The fraction of sp³-hybridized carbons (Fsp3) is 0.361. The molecule has 2 aliphatic rings. The minimum Gasteiger partial charge on any atom is -0.467 e. The van der Waals surface area contributed by atoms with Crippen LogP contribution in [0.4, 0.5) is 18.4 Å². The van der Waals surface area contributed by atoms with Crippen LogP contribution in [0.2, 0.25) is 0 Å². The monoisotopic (exact) mass is 1320 g/mol. The fourth-order valence-electron chi connectivity index (χ4n) is 11.2. The van der Waals surface area contributed by atoms with Crippen molar-refractivity contribution < 1.29 is 75.7 Å². The van der Waals surface area contributed by atoms with E-state index in [4.69, 9.17) is 18.9 Å². The van der Waals surface area contributed by atoms with E-state index >= 15 is 0 Å². The summed E-state index contributed by atoms with van der Waals surface area (Å²) in [6.45, 7) is 1.26. The van der Waals surface area contributed by atoms with Gasteiger partial charge in [-0.25, -0.2) is 28.0 Å². The third-order valence-corrected chi connectivity index (χ3v) is 16.5. The number of hydrogen-bond donors (Lipinski definition) is 6. The van der Waals surface area contributed by atoms with E-state index in [1.807, 2.05) is 12.1 Å². The molecule has 0 unspecified atom stereocenters. The molecule has 2 aliphatic heterocycles. The number of esters is 2. The summed E-state index contributed by atoms with van der Waals surface area (Å²) in [5.74, 6) is -4.63. The van der Waals surface area contributed by atoms with Crippen LogP contribution in [0, 0.1) is 11.6 Å². The number of rotatable bonds is 33. The SMILES string of the molecule is COC(=O)[C@H](CCCNC(=O)c1cc2c(cc1C(=O)NCCc1ccc(F)cc1)CN(C(=O)CCCCCCC(=O)N1Cc3cc(C(=O)NCCC[C@H](NC(=O)OCc4ccccc4)C(=O)OC)c(C(=O)NCCc4ccc(F)cc4)cc3C1)C2)NC(=O)OCc1ccccc1. The molecule has 0 spiro atoms. The second kappa shape index (κ2) is 36.2. The average molecular weight is 1320 g/mol. The number of halogens is 2. The lowest BCUT2D eigenvalue weighted by atomic mass is 9.98. The first-order valence-corrected chi connectivity index (χ1v) is 32.0. The number of carbonyl (C=O) groups is 10. The molecule has 2 heterocycles. The van der Waals surface area contributed by atoms with Gasteiger partial charge in [0.1, 0.15) is 36.9 Å². The van der Waals surface area contributed by atoms with E-state index in [2.05, 4.69) is 31.9 Å². The number of ether oxygens (including phenoxy) is 4. The van der Waals surface area contributed by atoms with Crippen molar-refractivity contribution in [3.05, 3.63) is 212 Å². The fourth-order valence-corrected chi connectivity index (χ4v) is 11.2. The Hall–Kier alpha value is -10.5. The molecule has 8 rings (SSSR count). The van der Waals surface area contributed by atoms with Crippen LogP contribution < -0.4 is 31.9 Å². The summed E-state index contributed by atoms with van der Waals surface area (Å²) >= 11 is 0. The number of carbonyl (C=O) groups excluding carboxylic acids is 10. The minimum absolute atomic E-state index is 0.0155. The van der Waals surface area contributed by atoms with Gasteiger partial charge >= 0.3 is 24.1 Å². The van der Waals surface area contributed by atoms with Crippen LogP contribution in [-0.4, -0.2) is 122 Å². The summed E-state index contributed by atoms with van der Waals surface area (Å²) in [6.07, 6.45) is 2.59. The van der Waals surface area contributed by atoms with Gasteiger partial charge in [0.15, 0.2) is 0 Å². The van der Waals surface area contributed by atoms with Gasteiger partial charge in [-0.2, -0.15) is 0 Å². The highest BCUT2D eigenvalue weighted by atomic mass is 19.1. The molecule has 0 aromatic heterocycles. The summed E-state index contributed by atoms with van der Waals surface area (Å²) in [4.78, 5) is 137. The molecule has 6 N–H and O–H groups in total. The molecule has 6 aromatic carbocycles. The van der Waals surface area contributed by atoms with Crippen molar-refractivity contribution in [2.75, 3.05) is 40.4 Å². The van der Waals surface area contributed by atoms with Crippen molar-refractivity contribution >= 4 is 59.6 Å². The van der Waals surface area contributed by atoms with Gasteiger partial charge in [0, 0.05) is 65.2 Å². The number of hydrogen-bond acceptors (Lipinski definition) is 14. The van der Waals surface area contributed by atoms with Crippen LogP contribution in [-0.2, 0) is 90.4 Å². The van der Waals surface area contributed by atoms with Gasteiger partial charge in [-0.3, -0.25) is 28.8 Å². The van der Waals surface area contributed by atoms with Gasteiger partial charge in [0.05, 0.1) is 36.5 Å². The molecule has 8 amide bonds. The van der Waals surface area contributed by atoms with E-state index in [0.29, 0.717) is 60.8 Å². The van der Waals surface area contributed by atoms with Crippen LogP contribution in [0.15, 0.2) is 133 Å². The first-order valence-electron chi connectivity index (χ1n) is 32.0. The largest absolute Gasteiger partial charge is 0.467 e. The molecule has 0 aliphatic carbocycles. The third kappa shape index (κ3) is 21.5. The van der Waals surface area contributed by atoms with E-state index in [1.54, 1.807) is 107 Å². The first kappa shape index (κ1) is 71.3. The number of alkyl carbamates (subject to hydrolysis) is 2. The van der Waals surface area contributed by atoms with Gasteiger partial charge < -0.3 is 60.6 Å². The van der Waals surface area contributed by atoms with Crippen LogP contribution in [0.25, 0.3) is 0 Å². The summed E-state index contributed by atoms with van der Waals surface area (Å²) in [6, 6.07) is 34.1. The van der Waals surface area contributed by atoms with Crippen molar-refractivity contribution in [3.63, 3.8) is 0 Å². The molecule has 2 atom stereocenters. The van der Waals surface area contributed by atoms with Gasteiger partial charge in [-0.05, 0) is 144 Å². The predicted octanol–water partition coefficient (Wildman–Crippen LogP) is 8.59. The van der Waals surface area contributed by atoms with Gasteiger partial charge in [0.2, 0.25) is 11.8 Å². The molecule has 24 heteroatoms. The maximum atomic E-state index is 13.9. The molecule has 0 saturated heterocycles. The number of benzene rings is 6. The highest BCUT2D eigenvalue weighted by Crippen LogP contribution is 2.30. The Morgan fingerprint density at radius 3 is 1.05 bits per heavy atom. The number of nitrogens with one attached hydrogen (secondary N) is 6. The molecule has 0 bridgehead atoms. The van der Waals surface area contributed by atoms with Crippen LogP contribution in [0.3, 0.4) is 0 Å². The average Bonchev–Trinajstić information content (AvgIpc) is 1.60. The standard InChI is InChI=1S/C72H80F2N8O14/c1-93-69(89)61(79-71(91)95-45-49-15-7-5-8-16-49)19-13-33-75-65(85)57-37-51-41-81(43-53(51)39-59(57)67(87)77-35-31-47-23-27-55(73)28-24-47)63(83)21-11-3-4-12-22-64(84)82-42-52-38-58(60(40-54(52)44-82)68(88)78-36-32-48-25-29-56(74)30-26-48)66(86)76-34-14-20-62(70(90)94-2)80-72(92)96-46-50-17-9-6-10-18-50/h5-10,15-18,23-30,37-40,61-62H,3-4,11-14,19-22,31-36,41-46H2,1-2H3,(H,75,85)(H,76,86)(H,77,87)(H,78,88)(H,79,91)(H,80,92)/t61-,62-/m0/s1. The summed E-state index contributed by atoms with van der Waals surface area (Å²) in [5.41, 5.74) is 6.19. The summed E-state index contributed by atoms with van der Waals surface area (Å²) < 4.78 is 47.5. The molecular formula is C72H80F2N8O14. The Labute approximate surface area is 555 Å². The van der Waals surface area contributed by atoms with Crippen molar-refractivity contribution in [2.45, 2.75) is 129 Å². The molecule has 22 nitrogen and oxygen atoms in total. The van der Waals surface area contributed by atoms with E-state index < -0.39 is 59.8 Å². The molecule has 0 fully saturated rings. The number of unbranched alkanes of at least 4 members (excludes halogenated alkanes) is 3. The van der Waals surface area contributed by atoms with Crippen molar-refractivity contribution in [2.24, 2.45) is 0 Å². The van der Waals surface area contributed by atoms with E-state index in [1.165, 1.54) is 38.5 Å². The van der Waals surface area contributed by atoms with Gasteiger partial charge in [-0.1, -0.05) is 97.8 Å². The maximum absolute atomic E-state index is 13.9. The zero-order chi connectivity index (χ0) is 68.3. The van der Waals surface area contributed by atoms with E-state index in [9.17, 15) is 56.7 Å². The lowest BCUT2D eigenvalue weighted by Crippen LogP contribution is -2.42. The van der Waals surface area contributed by atoms with Crippen molar-refractivity contribution in [1.29, 1.82) is 0 Å². The Kier molecular flexibility index (Phi) is 26.9. The highest BCUT2D eigenvalue weighted by Gasteiger charge is 2.31. The smallest absolute Gasteiger partial charge is 0.408 e. The Bertz CT molecular complexity index is 3470. The predicted molar refractivity (Wildman–Crippen MR) is 348 cm³/mol. The lowest BCUT2D eigenvalue weighted by Gasteiger charge is -2.17. The second-order valence-electron chi connectivity index (χ2n) is 23.4. The Morgan fingerprint density at radius 1 is 0.406 bits per heavy atom. The van der Waals surface area contributed by atoms with Crippen LogP contribution in [0.1, 0.15) is 150 Å². The molecular weight excluding hydrogens is 1240 g/mol. The highest BCUT2D eigenvalue weighted by molar-refractivity contribution is 6.08.